The van der Waals surface area contributed by atoms with E-state index in [-0.39, 0.29) is 16.6 Å². The fourth-order valence-corrected chi connectivity index (χ4v) is 4.97. The third-order valence-electron chi connectivity index (χ3n) is 4.98. The van der Waals surface area contributed by atoms with Gasteiger partial charge in [0.05, 0.1) is 19.1 Å². The van der Waals surface area contributed by atoms with Gasteiger partial charge in [-0.25, -0.2) is 12.8 Å². The Bertz CT molecular complexity index is 883. The number of nitrogens with zero attached hydrogens (tertiary/aromatic N) is 1. The van der Waals surface area contributed by atoms with Crippen LogP contribution in [0.5, 0.6) is 11.5 Å². The van der Waals surface area contributed by atoms with Gasteiger partial charge in [0.15, 0.2) is 11.6 Å². The lowest BCUT2D eigenvalue weighted by molar-refractivity contribution is 0.384. The zero-order valence-corrected chi connectivity index (χ0v) is 16.3. The Morgan fingerprint density at radius 3 is 2.41 bits per heavy atom. The molecule has 27 heavy (non-hydrogen) atoms. The van der Waals surface area contributed by atoms with Crippen LogP contribution < -0.4 is 9.47 Å². The van der Waals surface area contributed by atoms with Gasteiger partial charge in [-0.2, -0.15) is 4.31 Å². The van der Waals surface area contributed by atoms with E-state index in [2.05, 4.69) is 0 Å². The Morgan fingerprint density at radius 1 is 1.04 bits per heavy atom. The molecule has 0 unspecified atom stereocenters. The van der Waals surface area contributed by atoms with E-state index in [9.17, 15) is 12.8 Å². The molecule has 5 nitrogen and oxygen atoms in total. The number of hydrogen-bond acceptors (Lipinski definition) is 4. The lowest BCUT2D eigenvalue weighted by Crippen LogP contribution is -2.34. The Labute approximate surface area is 159 Å². The monoisotopic (exact) mass is 393 g/mol. The molecule has 0 aromatic heterocycles. The van der Waals surface area contributed by atoms with Crippen molar-refractivity contribution in [1.29, 1.82) is 0 Å². The lowest BCUT2D eigenvalue weighted by Gasteiger charge is -2.24. The lowest BCUT2D eigenvalue weighted by atomic mass is 9.94. The van der Waals surface area contributed by atoms with Gasteiger partial charge < -0.3 is 9.47 Å². The van der Waals surface area contributed by atoms with E-state index in [1.54, 1.807) is 7.11 Å². The molecule has 1 fully saturated rings. The number of hydrogen-bond donors (Lipinski definition) is 0. The molecular formula is C20H24FNO4S. The van der Waals surface area contributed by atoms with Gasteiger partial charge in [-0.3, -0.25) is 0 Å². The summed E-state index contributed by atoms with van der Waals surface area (Å²) in [5, 5.41) is 0. The minimum absolute atomic E-state index is 0.0286. The van der Waals surface area contributed by atoms with Gasteiger partial charge in [-0.05, 0) is 54.7 Å². The van der Waals surface area contributed by atoms with Crippen LogP contribution in [0.4, 0.5) is 4.39 Å². The Hall–Kier alpha value is -2.12. The maximum Gasteiger partial charge on any atom is 0.243 e. The van der Waals surface area contributed by atoms with Crippen molar-refractivity contribution in [1.82, 2.24) is 4.31 Å². The maximum atomic E-state index is 14.0. The van der Waals surface area contributed by atoms with E-state index in [1.807, 2.05) is 24.3 Å². The van der Waals surface area contributed by atoms with E-state index >= 15 is 0 Å². The fourth-order valence-electron chi connectivity index (χ4n) is 3.43. The predicted molar refractivity (Wildman–Crippen MR) is 101 cm³/mol. The van der Waals surface area contributed by atoms with Crippen molar-refractivity contribution in [3.63, 3.8) is 0 Å². The van der Waals surface area contributed by atoms with Gasteiger partial charge in [0.25, 0.3) is 0 Å². The number of halogens is 1. The molecule has 0 spiro atoms. The zero-order valence-electron chi connectivity index (χ0n) is 15.5. The SMILES string of the molecule is COc1ccc([C@@H]2CCCCN(S(=O)(=O)c3ccc(OC)c(F)c3)C2)cc1. The highest BCUT2D eigenvalue weighted by Crippen LogP contribution is 2.31. The minimum Gasteiger partial charge on any atom is -0.497 e. The van der Waals surface area contributed by atoms with Gasteiger partial charge in [0, 0.05) is 13.1 Å². The molecule has 0 amide bonds. The first kappa shape index (κ1) is 19.6. The Balaban J connectivity index is 1.86. The topological polar surface area (TPSA) is 55.8 Å². The molecule has 0 N–H and O–H groups in total. The van der Waals surface area contributed by atoms with E-state index in [4.69, 9.17) is 9.47 Å². The molecule has 2 aromatic carbocycles. The summed E-state index contributed by atoms with van der Waals surface area (Å²) in [5.41, 5.74) is 1.08. The number of rotatable bonds is 5. The average molecular weight is 393 g/mol. The van der Waals surface area contributed by atoms with Crippen LogP contribution in [-0.2, 0) is 10.0 Å². The summed E-state index contributed by atoms with van der Waals surface area (Å²) in [4.78, 5) is -0.0452. The van der Waals surface area contributed by atoms with Crippen LogP contribution in [0.25, 0.3) is 0 Å². The number of benzene rings is 2. The van der Waals surface area contributed by atoms with E-state index < -0.39 is 15.8 Å². The van der Waals surface area contributed by atoms with E-state index in [1.165, 1.54) is 23.5 Å². The standard InChI is InChI=1S/C20H24FNO4S/c1-25-17-8-6-15(7-9-17)16-5-3-4-12-22(14-16)27(23,24)18-10-11-20(26-2)19(21)13-18/h6-11,13,16H,3-5,12,14H2,1-2H3/t16-/m1/s1. The van der Waals surface area contributed by atoms with E-state index in [0.717, 1.165) is 36.6 Å². The summed E-state index contributed by atoms with van der Waals surface area (Å²) in [7, 11) is -0.811. The van der Waals surface area contributed by atoms with Gasteiger partial charge >= 0.3 is 0 Å². The summed E-state index contributed by atoms with van der Waals surface area (Å²) in [6.07, 6.45) is 2.64. The van der Waals surface area contributed by atoms with Crippen LogP contribution in [0.3, 0.4) is 0 Å². The van der Waals surface area contributed by atoms with E-state index in [0.29, 0.717) is 13.1 Å². The van der Waals surface area contributed by atoms with Crippen molar-refractivity contribution in [3.05, 3.63) is 53.8 Å². The van der Waals surface area contributed by atoms with Crippen LogP contribution in [0.1, 0.15) is 30.7 Å². The molecule has 3 rings (SSSR count). The van der Waals surface area contributed by atoms with Crippen LogP contribution in [-0.4, -0.2) is 40.0 Å². The average Bonchev–Trinajstić information content (AvgIpc) is 2.95. The smallest absolute Gasteiger partial charge is 0.243 e. The normalized spacial score (nSPS) is 18.7. The molecule has 0 aliphatic carbocycles. The summed E-state index contributed by atoms with van der Waals surface area (Å²) >= 11 is 0. The molecule has 1 aliphatic rings. The molecule has 1 heterocycles. The van der Waals surface area contributed by atoms with Crippen LogP contribution in [0.15, 0.2) is 47.4 Å². The Kier molecular flexibility index (Phi) is 6.01. The molecule has 7 heteroatoms. The highest BCUT2D eigenvalue weighted by Gasteiger charge is 2.30. The summed E-state index contributed by atoms with van der Waals surface area (Å²) in [6.45, 7) is 0.810. The molecule has 2 aromatic rings. The second-order valence-corrected chi connectivity index (χ2v) is 8.56. The molecule has 1 aliphatic heterocycles. The summed E-state index contributed by atoms with van der Waals surface area (Å²) in [6, 6.07) is 11.5. The van der Waals surface area contributed by atoms with Crippen molar-refractivity contribution in [3.8, 4) is 11.5 Å². The van der Waals surface area contributed by atoms with Crippen molar-refractivity contribution >= 4 is 10.0 Å². The van der Waals surface area contributed by atoms with Gasteiger partial charge in [0.2, 0.25) is 10.0 Å². The highest BCUT2D eigenvalue weighted by molar-refractivity contribution is 7.89. The summed E-state index contributed by atoms with van der Waals surface area (Å²) < 4.78 is 51.7. The van der Waals surface area contributed by atoms with Crippen molar-refractivity contribution < 1.29 is 22.3 Å². The molecular weight excluding hydrogens is 369 g/mol. The van der Waals surface area contributed by atoms with Gasteiger partial charge in [0.1, 0.15) is 5.75 Å². The number of methoxy groups -OCH3 is 2. The minimum atomic E-state index is -3.77. The van der Waals surface area contributed by atoms with Crippen molar-refractivity contribution in [2.24, 2.45) is 0 Å². The number of sulfonamides is 1. The first-order valence-corrected chi connectivity index (χ1v) is 10.4. The van der Waals surface area contributed by atoms with Crippen LogP contribution in [0, 0.1) is 5.82 Å². The molecule has 0 saturated carbocycles. The molecule has 0 bridgehead atoms. The number of ether oxygens (including phenoxy) is 2. The third kappa shape index (κ3) is 4.25. The Morgan fingerprint density at radius 2 is 1.78 bits per heavy atom. The first-order valence-electron chi connectivity index (χ1n) is 8.93. The molecule has 0 radical (unpaired) electrons. The van der Waals surface area contributed by atoms with Gasteiger partial charge in [-0.1, -0.05) is 18.6 Å². The molecule has 1 saturated heterocycles. The second kappa shape index (κ2) is 8.27. The van der Waals surface area contributed by atoms with Crippen molar-refractivity contribution in [2.45, 2.75) is 30.1 Å². The van der Waals surface area contributed by atoms with Crippen LogP contribution >= 0.6 is 0 Å². The second-order valence-electron chi connectivity index (χ2n) is 6.63. The molecule has 146 valence electrons. The third-order valence-corrected chi connectivity index (χ3v) is 6.84. The maximum absolute atomic E-state index is 14.0. The predicted octanol–water partition coefficient (Wildman–Crippen LogP) is 3.80. The van der Waals surface area contributed by atoms with Crippen LogP contribution in [0.2, 0.25) is 0 Å². The molecule has 1 atom stereocenters. The highest BCUT2D eigenvalue weighted by atomic mass is 32.2. The summed E-state index contributed by atoms with van der Waals surface area (Å²) in [5.74, 6) is 0.211. The fraction of sp³-hybridized carbons (Fsp3) is 0.400. The zero-order chi connectivity index (χ0) is 19.4. The first-order chi connectivity index (χ1) is 13.0. The van der Waals surface area contributed by atoms with Gasteiger partial charge in [-0.15, -0.1) is 0 Å². The quantitative estimate of drug-likeness (QED) is 0.775. The largest absolute Gasteiger partial charge is 0.497 e. The van der Waals surface area contributed by atoms with Crippen molar-refractivity contribution in [2.75, 3.05) is 27.3 Å².